The number of hydrogen-bond donors (Lipinski definition) is 2. The number of rotatable bonds is 9. The lowest BCUT2D eigenvalue weighted by atomic mass is 9.86. The number of oxazole rings is 1. The van der Waals surface area contributed by atoms with E-state index in [1.807, 2.05) is 12.1 Å². The molecule has 1 unspecified atom stereocenters. The van der Waals surface area contributed by atoms with Crippen molar-refractivity contribution in [1.29, 1.82) is 0 Å². The van der Waals surface area contributed by atoms with Crippen LogP contribution in [0, 0.1) is 18.8 Å². The van der Waals surface area contributed by atoms with Crippen molar-refractivity contribution < 1.29 is 23.8 Å². The van der Waals surface area contributed by atoms with Gasteiger partial charge in [0.2, 0.25) is 11.8 Å². The molecule has 3 atom stereocenters. The molecule has 2 aliphatic carbocycles. The van der Waals surface area contributed by atoms with Gasteiger partial charge in [-0.25, -0.2) is 9.78 Å². The molecular formula is C29H40N2O5. The van der Waals surface area contributed by atoms with Crippen LogP contribution in [-0.2, 0) is 20.9 Å². The van der Waals surface area contributed by atoms with Crippen LogP contribution in [-0.4, -0.2) is 34.1 Å². The first kappa shape index (κ1) is 26.4. The number of carboxylic acids is 1. The number of ether oxygens (including phenoxy) is 1. The summed E-state index contributed by atoms with van der Waals surface area (Å²) in [7, 11) is 0. The summed E-state index contributed by atoms with van der Waals surface area (Å²) >= 11 is 0. The molecule has 196 valence electrons. The van der Waals surface area contributed by atoms with Gasteiger partial charge < -0.3 is 19.6 Å². The fraction of sp³-hybridized carbons (Fsp3) is 0.621. The summed E-state index contributed by atoms with van der Waals surface area (Å²) in [6, 6.07) is 7.35. The minimum atomic E-state index is -0.993. The number of amides is 1. The standard InChI is InChI=1S/C29H40N2O5/c1-18(2)25(29(33)34)31-27(32)22-10-7-11-23(16-22)35-17-24-26(20-8-5-4-6-9-20)36-28(30-24)21-14-12-19(3)13-15-21/h12-15,18,20,22-23,25H,4-11,16-17H2,1-3H3,(H,31,32)(H,33,34)/t22-,23+,25?/m0/s1. The van der Waals surface area contributed by atoms with Gasteiger partial charge in [0.05, 0.1) is 12.7 Å². The Balaban J connectivity index is 1.43. The predicted molar refractivity (Wildman–Crippen MR) is 137 cm³/mol. The zero-order valence-electron chi connectivity index (χ0n) is 21.8. The molecule has 1 aromatic carbocycles. The molecule has 2 saturated carbocycles. The van der Waals surface area contributed by atoms with E-state index in [1.54, 1.807) is 13.8 Å². The number of aromatic nitrogens is 1. The maximum absolute atomic E-state index is 12.8. The van der Waals surface area contributed by atoms with E-state index in [-0.39, 0.29) is 23.8 Å². The minimum Gasteiger partial charge on any atom is -0.480 e. The van der Waals surface area contributed by atoms with Gasteiger partial charge in [-0.05, 0) is 57.1 Å². The third-order valence-electron chi connectivity index (χ3n) is 7.69. The molecule has 0 saturated heterocycles. The van der Waals surface area contributed by atoms with Gasteiger partial charge >= 0.3 is 5.97 Å². The Hall–Kier alpha value is -2.67. The first-order valence-corrected chi connectivity index (χ1v) is 13.5. The molecular weight excluding hydrogens is 456 g/mol. The Labute approximate surface area is 214 Å². The number of nitrogens with one attached hydrogen (secondary N) is 1. The van der Waals surface area contributed by atoms with Crippen molar-refractivity contribution in [2.24, 2.45) is 11.8 Å². The maximum Gasteiger partial charge on any atom is 0.326 e. The molecule has 1 heterocycles. The van der Waals surface area contributed by atoms with Crippen LogP contribution in [0.5, 0.6) is 0 Å². The second-order valence-corrected chi connectivity index (χ2v) is 10.9. The SMILES string of the molecule is Cc1ccc(-c2nc(CO[C@@H]3CCC[C@H](C(=O)NC(C(=O)O)C(C)C)C3)c(C3CCCCC3)o2)cc1. The van der Waals surface area contributed by atoms with E-state index in [4.69, 9.17) is 14.1 Å². The third kappa shape index (κ3) is 6.55. The van der Waals surface area contributed by atoms with E-state index in [0.29, 0.717) is 24.8 Å². The number of benzene rings is 1. The van der Waals surface area contributed by atoms with E-state index in [1.165, 1.54) is 24.8 Å². The highest BCUT2D eigenvalue weighted by Gasteiger charge is 2.32. The summed E-state index contributed by atoms with van der Waals surface area (Å²) in [5.74, 6) is 0.388. The first-order valence-electron chi connectivity index (χ1n) is 13.5. The van der Waals surface area contributed by atoms with Crippen LogP contribution in [0.25, 0.3) is 11.5 Å². The smallest absolute Gasteiger partial charge is 0.326 e. The highest BCUT2D eigenvalue weighted by atomic mass is 16.5. The molecule has 0 radical (unpaired) electrons. The summed E-state index contributed by atoms with van der Waals surface area (Å²) < 4.78 is 12.7. The summed E-state index contributed by atoms with van der Waals surface area (Å²) in [5, 5.41) is 12.2. The van der Waals surface area contributed by atoms with Crippen molar-refractivity contribution in [1.82, 2.24) is 10.3 Å². The Morgan fingerprint density at radius 2 is 1.81 bits per heavy atom. The van der Waals surface area contributed by atoms with Gasteiger partial charge in [-0.1, -0.05) is 57.2 Å². The molecule has 7 nitrogen and oxygen atoms in total. The van der Waals surface area contributed by atoms with Crippen LogP contribution in [0.3, 0.4) is 0 Å². The Bertz CT molecular complexity index is 1020. The Morgan fingerprint density at radius 3 is 2.47 bits per heavy atom. The molecule has 7 heteroatoms. The van der Waals surface area contributed by atoms with Crippen molar-refractivity contribution >= 4 is 11.9 Å². The number of carboxylic acid groups (broad SMARTS) is 1. The zero-order valence-corrected chi connectivity index (χ0v) is 21.8. The average Bonchev–Trinajstić information content (AvgIpc) is 3.31. The third-order valence-corrected chi connectivity index (χ3v) is 7.69. The van der Waals surface area contributed by atoms with E-state index < -0.39 is 12.0 Å². The molecule has 36 heavy (non-hydrogen) atoms. The second-order valence-electron chi connectivity index (χ2n) is 10.9. The van der Waals surface area contributed by atoms with Crippen LogP contribution < -0.4 is 5.32 Å². The van der Waals surface area contributed by atoms with Crippen molar-refractivity contribution in [3.63, 3.8) is 0 Å². The van der Waals surface area contributed by atoms with Gasteiger partial charge in [-0.2, -0.15) is 0 Å². The molecule has 4 rings (SSSR count). The monoisotopic (exact) mass is 496 g/mol. The highest BCUT2D eigenvalue weighted by Crippen LogP contribution is 2.37. The maximum atomic E-state index is 12.8. The van der Waals surface area contributed by atoms with Crippen LogP contribution in [0.15, 0.2) is 28.7 Å². The Kier molecular flexibility index (Phi) is 8.83. The molecule has 1 amide bonds. The summed E-state index contributed by atoms with van der Waals surface area (Å²) in [5.41, 5.74) is 3.03. The molecule has 0 aliphatic heterocycles. The van der Waals surface area contributed by atoms with Crippen molar-refractivity contribution in [3.8, 4) is 11.5 Å². The lowest BCUT2D eigenvalue weighted by Gasteiger charge is -2.30. The lowest BCUT2D eigenvalue weighted by Crippen LogP contribution is -2.47. The summed E-state index contributed by atoms with van der Waals surface area (Å²) in [4.78, 5) is 29.2. The molecule has 2 fully saturated rings. The molecule has 1 aromatic heterocycles. The van der Waals surface area contributed by atoms with Crippen LogP contribution in [0.4, 0.5) is 0 Å². The quantitative estimate of drug-likeness (QED) is 0.442. The van der Waals surface area contributed by atoms with Gasteiger partial charge in [0.15, 0.2) is 0 Å². The van der Waals surface area contributed by atoms with Crippen molar-refractivity contribution in [2.75, 3.05) is 0 Å². The van der Waals surface area contributed by atoms with Gasteiger partial charge in [0.25, 0.3) is 0 Å². The topological polar surface area (TPSA) is 102 Å². The molecule has 2 N–H and O–H groups in total. The number of carbonyl (C=O) groups excluding carboxylic acids is 1. The average molecular weight is 497 g/mol. The molecule has 0 spiro atoms. The number of hydrogen-bond acceptors (Lipinski definition) is 5. The molecule has 2 aromatic rings. The van der Waals surface area contributed by atoms with Gasteiger partial charge in [-0.3, -0.25) is 4.79 Å². The van der Waals surface area contributed by atoms with Crippen LogP contribution in [0.1, 0.15) is 94.6 Å². The number of aryl methyl sites for hydroxylation is 1. The number of carbonyl (C=O) groups is 2. The second kappa shape index (κ2) is 12.0. The normalized spacial score (nSPS) is 21.9. The predicted octanol–water partition coefficient (Wildman–Crippen LogP) is 6.00. The largest absolute Gasteiger partial charge is 0.480 e. The van der Waals surface area contributed by atoms with Crippen LogP contribution in [0.2, 0.25) is 0 Å². The van der Waals surface area contributed by atoms with E-state index in [0.717, 1.165) is 49.1 Å². The van der Waals surface area contributed by atoms with Gasteiger partial charge in [-0.15, -0.1) is 0 Å². The fourth-order valence-corrected chi connectivity index (χ4v) is 5.49. The molecule has 0 bridgehead atoms. The molecule has 2 aliphatic rings. The van der Waals surface area contributed by atoms with E-state index in [9.17, 15) is 14.7 Å². The van der Waals surface area contributed by atoms with E-state index in [2.05, 4.69) is 24.4 Å². The fourth-order valence-electron chi connectivity index (χ4n) is 5.49. The van der Waals surface area contributed by atoms with Gasteiger partial charge in [0, 0.05) is 17.4 Å². The zero-order chi connectivity index (χ0) is 25.7. The Morgan fingerprint density at radius 1 is 1.08 bits per heavy atom. The minimum absolute atomic E-state index is 0.0597. The lowest BCUT2D eigenvalue weighted by molar-refractivity contribution is -0.144. The van der Waals surface area contributed by atoms with E-state index >= 15 is 0 Å². The van der Waals surface area contributed by atoms with Crippen LogP contribution >= 0.6 is 0 Å². The highest BCUT2D eigenvalue weighted by molar-refractivity contribution is 5.85. The number of nitrogens with zero attached hydrogens (tertiary/aromatic N) is 1. The summed E-state index contributed by atoms with van der Waals surface area (Å²) in [6.07, 6.45) is 8.97. The van der Waals surface area contributed by atoms with Crippen molar-refractivity contribution in [2.45, 2.75) is 103 Å². The number of aliphatic carboxylic acids is 1. The summed E-state index contributed by atoms with van der Waals surface area (Å²) in [6.45, 7) is 6.04. The van der Waals surface area contributed by atoms with Gasteiger partial charge in [0.1, 0.15) is 17.5 Å². The van der Waals surface area contributed by atoms with Crippen molar-refractivity contribution in [3.05, 3.63) is 41.3 Å². The first-order chi connectivity index (χ1) is 17.3.